The summed E-state index contributed by atoms with van der Waals surface area (Å²) in [6, 6.07) is 20.8. The Morgan fingerprint density at radius 1 is 1.08 bits per heavy atom. The third-order valence-electron chi connectivity index (χ3n) is 7.86. The number of benzene rings is 3. The Morgan fingerprint density at radius 3 is 2.37 bits per heavy atom. The molecule has 1 heterocycles. The van der Waals surface area contributed by atoms with Crippen LogP contribution in [0.15, 0.2) is 66.7 Å². The molecular weight excluding hydrogens is 496 g/mol. The number of carbonyl (C=O) groups is 1. The minimum Gasteiger partial charge on any atom is -0.497 e. The number of aliphatic hydroxyl groups is 1. The van der Waals surface area contributed by atoms with Crippen LogP contribution in [0.4, 0.5) is 11.4 Å². The predicted octanol–water partition coefficient (Wildman–Crippen LogP) is 4.98. The van der Waals surface area contributed by atoms with Crippen LogP contribution in [0, 0.1) is 5.92 Å². The number of carbonyl (C=O) groups excluding carboxylic acids is 1. The maximum atomic E-state index is 12.8. The summed E-state index contributed by atoms with van der Waals surface area (Å²) in [5.74, 6) is 1.38. The predicted molar refractivity (Wildman–Crippen MR) is 154 cm³/mol. The lowest BCUT2D eigenvalue weighted by Gasteiger charge is -2.45. The molecule has 0 spiro atoms. The van der Waals surface area contributed by atoms with Crippen LogP contribution in [0.25, 0.3) is 0 Å². The number of fused-ring (bicyclic) bond motifs is 1. The van der Waals surface area contributed by atoms with Gasteiger partial charge in [0.25, 0.3) is 5.91 Å². The third-order valence-corrected chi connectivity index (χ3v) is 12.2. The second-order valence-electron chi connectivity index (χ2n) is 10.5. The van der Waals surface area contributed by atoms with E-state index in [1.807, 2.05) is 30.3 Å². The van der Waals surface area contributed by atoms with Crippen molar-refractivity contribution in [2.45, 2.75) is 44.2 Å². The Balaban J connectivity index is 1.62. The summed E-state index contributed by atoms with van der Waals surface area (Å²) in [6.45, 7) is 6.89. The number of hydrogen-bond donors (Lipinski definition) is 3. The van der Waals surface area contributed by atoms with E-state index < -0.39 is 8.07 Å². The van der Waals surface area contributed by atoms with E-state index in [0.29, 0.717) is 23.4 Å². The molecule has 4 N–H and O–H groups in total. The maximum Gasteiger partial charge on any atom is 0.255 e. The summed E-state index contributed by atoms with van der Waals surface area (Å²) in [7, 11) is 1.28. The summed E-state index contributed by atoms with van der Waals surface area (Å²) < 4.78 is 18.1. The summed E-state index contributed by atoms with van der Waals surface area (Å²) in [6.07, 6.45) is 0.277. The van der Waals surface area contributed by atoms with Crippen LogP contribution in [0.1, 0.15) is 35.4 Å². The first-order chi connectivity index (χ1) is 18.2. The number of anilines is 2. The molecule has 3 aromatic rings. The van der Waals surface area contributed by atoms with Crippen molar-refractivity contribution < 1.29 is 24.1 Å². The Bertz CT molecular complexity index is 1250. The van der Waals surface area contributed by atoms with E-state index in [4.69, 9.17) is 19.9 Å². The summed E-state index contributed by atoms with van der Waals surface area (Å²) >= 11 is 0. The van der Waals surface area contributed by atoms with Crippen molar-refractivity contribution in [3.63, 3.8) is 0 Å². The fourth-order valence-electron chi connectivity index (χ4n) is 5.60. The smallest absolute Gasteiger partial charge is 0.255 e. The number of ether oxygens (including phenoxy) is 3. The highest BCUT2D eigenvalue weighted by Gasteiger charge is 2.46. The number of amides is 1. The molecular formula is C30H38N2O5Si. The van der Waals surface area contributed by atoms with E-state index in [1.54, 1.807) is 38.5 Å². The van der Waals surface area contributed by atoms with Crippen molar-refractivity contribution >= 4 is 30.5 Å². The van der Waals surface area contributed by atoms with Gasteiger partial charge in [-0.05, 0) is 66.6 Å². The minimum atomic E-state index is -2.09. The van der Waals surface area contributed by atoms with Gasteiger partial charge < -0.3 is 30.4 Å². The molecule has 0 saturated heterocycles. The highest BCUT2D eigenvalue weighted by Crippen LogP contribution is 2.47. The molecule has 1 amide bonds. The highest BCUT2D eigenvalue weighted by molar-refractivity contribution is 6.91. The number of methoxy groups -OCH3 is 2. The van der Waals surface area contributed by atoms with E-state index in [0.717, 1.165) is 17.1 Å². The first-order valence-corrected chi connectivity index (χ1v) is 16.0. The Hall–Kier alpha value is -3.33. The van der Waals surface area contributed by atoms with Crippen LogP contribution in [0.2, 0.25) is 18.6 Å². The maximum absolute atomic E-state index is 12.8. The summed E-state index contributed by atoms with van der Waals surface area (Å²) in [5.41, 5.74) is 8.60. The molecule has 0 aliphatic carbocycles. The fraction of sp³-hybridized carbons (Fsp3) is 0.367. The third kappa shape index (κ3) is 5.57. The average Bonchev–Trinajstić information content (AvgIpc) is 2.92. The number of hydrogen-bond acceptors (Lipinski definition) is 6. The zero-order valence-corrected chi connectivity index (χ0v) is 23.7. The largest absolute Gasteiger partial charge is 0.497 e. The van der Waals surface area contributed by atoms with E-state index in [1.165, 1.54) is 5.19 Å². The van der Waals surface area contributed by atoms with Gasteiger partial charge >= 0.3 is 0 Å². The van der Waals surface area contributed by atoms with Crippen molar-refractivity contribution in [3.05, 3.63) is 77.9 Å². The molecule has 3 aromatic carbocycles. The number of nitrogens with one attached hydrogen (secondary N) is 1. The highest BCUT2D eigenvalue weighted by atomic mass is 28.3. The van der Waals surface area contributed by atoms with Crippen molar-refractivity contribution in [1.82, 2.24) is 0 Å². The molecule has 1 unspecified atom stereocenters. The molecule has 0 aromatic heterocycles. The molecule has 0 radical (unpaired) electrons. The summed E-state index contributed by atoms with van der Waals surface area (Å²) in [5, 5.41) is 14.3. The molecule has 38 heavy (non-hydrogen) atoms. The average molecular weight is 535 g/mol. The number of aliphatic hydroxyl groups excluding tert-OH is 1. The van der Waals surface area contributed by atoms with Gasteiger partial charge in [0, 0.05) is 42.1 Å². The Kier molecular flexibility index (Phi) is 8.45. The first-order valence-electron chi connectivity index (χ1n) is 12.9. The molecule has 4 atom stereocenters. The Morgan fingerprint density at radius 2 is 1.76 bits per heavy atom. The zero-order chi connectivity index (χ0) is 27.4. The van der Waals surface area contributed by atoms with Gasteiger partial charge in [0.1, 0.15) is 17.6 Å². The van der Waals surface area contributed by atoms with Crippen LogP contribution >= 0.6 is 0 Å². The van der Waals surface area contributed by atoms with Crippen molar-refractivity contribution in [2.24, 2.45) is 5.92 Å². The van der Waals surface area contributed by atoms with Gasteiger partial charge in [-0.1, -0.05) is 37.3 Å². The quantitative estimate of drug-likeness (QED) is 0.264. The lowest BCUT2D eigenvalue weighted by molar-refractivity contribution is -0.0241. The normalized spacial score (nSPS) is 19.7. The topological polar surface area (TPSA) is 103 Å². The number of nitrogen functional groups attached to an aromatic ring is 1. The molecule has 0 fully saturated rings. The second-order valence-corrected chi connectivity index (χ2v) is 15.3. The zero-order valence-electron chi connectivity index (χ0n) is 22.7. The number of nitrogens with two attached hydrogens (primary N) is 1. The van der Waals surface area contributed by atoms with Gasteiger partial charge in [-0.2, -0.15) is 0 Å². The lowest BCUT2D eigenvalue weighted by atomic mass is 9.86. The lowest BCUT2D eigenvalue weighted by Crippen LogP contribution is -2.54. The molecule has 7 nitrogen and oxygen atoms in total. The van der Waals surface area contributed by atoms with E-state index in [2.05, 4.69) is 37.5 Å². The van der Waals surface area contributed by atoms with Gasteiger partial charge in [0.15, 0.2) is 0 Å². The molecule has 1 aliphatic rings. The van der Waals surface area contributed by atoms with E-state index in [9.17, 15) is 9.90 Å². The van der Waals surface area contributed by atoms with Crippen LogP contribution in [0.3, 0.4) is 0 Å². The van der Waals surface area contributed by atoms with E-state index >= 15 is 0 Å². The van der Waals surface area contributed by atoms with Gasteiger partial charge in [0.2, 0.25) is 0 Å². The molecule has 0 saturated carbocycles. The van der Waals surface area contributed by atoms with Crippen LogP contribution in [-0.4, -0.2) is 46.0 Å². The van der Waals surface area contributed by atoms with Gasteiger partial charge in [-0.15, -0.1) is 0 Å². The molecule has 4 rings (SSSR count). The van der Waals surface area contributed by atoms with Crippen molar-refractivity contribution in [3.8, 4) is 11.5 Å². The standard InChI is InChI=1S/C30H38N2O5Si/c1-19-28(36-3)25-18-22(32-30(34)20-6-8-21(31)9-7-20)10-15-26(25)37-29(19)27(16-17-33)38(4,5)24-13-11-23(35-2)12-14-24/h6-15,18-19,27-29,33H,16-17,31H2,1-5H3,(H,32,34)/t19-,27?,28-,29-/m1/s1. The minimum absolute atomic E-state index is 0.0251. The van der Waals surface area contributed by atoms with Crippen LogP contribution in [0.5, 0.6) is 11.5 Å². The molecule has 202 valence electrons. The van der Waals surface area contributed by atoms with Crippen molar-refractivity contribution in [1.29, 1.82) is 0 Å². The van der Waals surface area contributed by atoms with Crippen LogP contribution < -0.4 is 25.7 Å². The fourth-order valence-corrected chi connectivity index (χ4v) is 9.10. The molecule has 0 bridgehead atoms. The van der Waals surface area contributed by atoms with Crippen molar-refractivity contribution in [2.75, 3.05) is 31.9 Å². The van der Waals surface area contributed by atoms with Gasteiger partial charge in [-0.3, -0.25) is 4.79 Å². The van der Waals surface area contributed by atoms with Crippen LogP contribution in [-0.2, 0) is 4.74 Å². The first kappa shape index (κ1) is 27.7. The molecule has 1 aliphatic heterocycles. The molecule has 8 heteroatoms. The monoisotopic (exact) mass is 534 g/mol. The number of rotatable bonds is 9. The second kappa shape index (κ2) is 11.6. The van der Waals surface area contributed by atoms with Gasteiger partial charge in [0.05, 0.1) is 21.3 Å². The SMILES string of the molecule is COc1ccc([Si](C)(C)C(CCO)[C@@H]2Oc3ccc(NC(=O)c4ccc(N)cc4)cc3[C@H](OC)[C@H]2C)cc1. The Labute approximate surface area is 225 Å². The van der Waals surface area contributed by atoms with E-state index in [-0.39, 0.29) is 36.2 Å². The summed E-state index contributed by atoms with van der Waals surface area (Å²) in [4.78, 5) is 12.8. The van der Waals surface area contributed by atoms with Gasteiger partial charge in [-0.25, -0.2) is 0 Å².